The second kappa shape index (κ2) is 9.66. The summed E-state index contributed by atoms with van der Waals surface area (Å²) < 4.78 is 0. The highest BCUT2D eigenvalue weighted by molar-refractivity contribution is 7.10. The van der Waals surface area contributed by atoms with Gasteiger partial charge in [-0.15, -0.1) is 16.4 Å². The van der Waals surface area contributed by atoms with Gasteiger partial charge in [0.2, 0.25) is 5.91 Å². The third kappa shape index (κ3) is 4.59. The molecule has 1 fully saturated rings. The Morgan fingerprint density at radius 3 is 2.94 bits per heavy atom. The van der Waals surface area contributed by atoms with Crippen molar-refractivity contribution in [3.8, 4) is 11.1 Å². The summed E-state index contributed by atoms with van der Waals surface area (Å²) in [5.41, 5.74) is 4.66. The Morgan fingerprint density at radius 1 is 1.15 bits per heavy atom. The molecule has 7 nitrogen and oxygen atoms in total. The van der Waals surface area contributed by atoms with Crippen LogP contribution in [0.15, 0.2) is 60.1 Å². The van der Waals surface area contributed by atoms with Crippen molar-refractivity contribution in [1.82, 2.24) is 20.8 Å². The van der Waals surface area contributed by atoms with Gasteiger partial charge in [0.1, 0.15) is 0 Å². The number of piperazine rings is 1. The van der Waals surface area contributed by atoms with Crippen LogP contribution in [0.5, 0.6) is 0 Å². The second-order valence-corrected chi connectivity index (χ2v) is 9.03. The molecular weight excluding hydrogens is 432 g/mol. The lowest BCUT2D eigenvalue weighted by molar-refractivity contribution is -0.118. The van der Waals surface area contributed by atoms with Gasteiger partial charge in [-0.1, -0.05) is 30.3 Å². The van der Waals surface area contributed by atoms with E-state index in [4.69, 9.17) is 0 Å². The molecule has 0 saturated carbocycles. The number of thiophene rings is 1. The Labute approximate surface area is 196 Å². The number of nitrogens with zero attached hydrogens (tertiary/aromatic N) is 3. The van der Waals surface area contributed by atoms with E-state index in [1.54, 1.807) is 17.5 Å². The fourth-order valence-corrected chi connectivity index (χ4v) is 5.00. The molecule has 8 heteroatoms. The maximum Gasteiger partial charge on any atom is 0.240 e. The van der Waals surface area contributed by atoms with Crippen LogP contribution in [-0.2, 0) is 17.9 Å². The molecule has 3 N–H and O–H groups in total. The summed E-state index contributed by atoms with van der Waals surface area (Å²) in [7, 11) is 1.97. The molecule has 5 rings (SSSR count). The van der Waals surface area contributed by atoms with Crippen LogP contribution < -0.4 is 20.9 Å². The van der Waals surface area contributed by atoms with Crippen molar-refractivity contribution in [2.75, 3.05) is 36.9 Å². The fourth-order valence-electron chi connectivity index (χ4n) is 4.17. The van der Waals surface area contributed by atoms with E-state index >= 15 is 0 Å². The molecule has 0 radical (unpaired) electrons. The highest BCUT2D eigenvalue weighted by atomic mass is 32.1. The first-order valence-corrected chi connectivity index (χ1v) is 11.9. The van der Waals surface area contributed by atoms with E-state index in [-0.39, 0.29) is 5.91 Å². The van der Waals surface area contributed by atoms with Crippen molar-refractivity contribution < 1.29 is 4.79 Å². The SMILES string of the molecule is CNCc1ccccc1-c1csc(CNc2nncc3ccc(N4CCNCC4=O)cc23)c1. The number of carbonyl (C=O) groups is 1. The van der Waals surface area contributed by atoms with Crippen molar-refractivity contribution in [1.29, 1.82) is 0 Å². The molecule has 168 valence electrons. The molecule has 0 aliphatic carbocycles. The lowest BCUT2D eigenvalue weighted by Gasteiger charge is -2.27. The van der Waals surface area contributed by atoms with E-state index in [2.05, 4.69) is 61.9 Å². The zero-order chi connectivity index (χ0) is 22.6. The quantitative estimate of drug-likeness (QED) is 0.392. The molecule has 33 heavy (non-hydrogen) atoms. The number of benzene rings is 2. The zero-order valence-electron chi connectivity index (χ0n) is 18.5. The van der Waals surface area contributed by atoms with Crippen molar-refractivity contribution >= 4 is 39.5 Å². The number of amides is 1. The molecule has 2 aromatic carbocycles. The van der Waals surface area contributed by atoms with Crippen molar-refractivity contribution in [2.24, 2.45) is 0 Å². The second-order valence-electron chi connectivity index (χ2n) is 8.03. The average molecular weight is 459 g/mol. The van der Waals surface area contributed by atoms with E-state index in [1.165, 1.54) is 21.6 Å². The Bertz CT molecular complexity index is 1290. The van der Waals surface area contributed by atoms with Gasteiger partial charge in [0, 0.05) is 41.0 Å². The van der Waals surface area contributed by atoms with Crippen LogP contribution in [-0.4, -0.2) is 42.8 Å². The third-order valence-corrected chi connectivity index (χ3v) is 6.76. The minimum Gasteiger partial charge on any atom is -0.363 e. The average Bonchev–Trinajstić information content (AvgIpc) is 3.32. The first-order valence-electron chi connectivity index (χ1n) is 11.0. The number of rotatable bonds is 7. The molecule has 0 bridgehead atoms. The number of nitrogens with one attached hydrogen (secondary N) is 3. The minimum atomic E-state index is 0.0850. The van der Waals surface area contributed by atoms with Gasteiger partial charge in [0.15, 0.2) is 5.82 Å². The summed E-state index contributed by atoms with van der Waals surface area (Å²) in [4.78, 5) is 15.4. The number of fused-ring (bicyclic) bond motifs is 1. The van der Waals surface area contributed by atoms with Crippen molar-refractivity contribution in [3.63, 3.8) is 0 Å². The van der Waals surface area contributed by atoms with Gasteiger partial charge in [0.05, 0.1) is 19.3 Å². The van der Waals surface area contributed by atoms with Crippen molar-refractivity contribution in [2.45, 2.75) is 13.1 Å². The van der Waals surface area contributed by atoms with Crippen LogP contribution in [0.3, 0.4) is 0 Å². The van der Waals surface area contributed by atoms with Crippen LogP contribution >= 0.6 is 11.3 Å². The van der Waals surface area contributed by atoms with Crippen LogP contribution in [0.4, 0.5) is 11.5 Å². The maximum atomic E-state index is 12.3. The molecule has 0 spiro atoms. The Hall–Kier alpha value is -3.33. The molecular formula is C25H26N6OS. The van der Waals surface area contributed by atoms with Gasteiger partial charge >= 0.3 is 0 Å². The number of hydrogen-bond donors (Lipinski definition) is 3. The van der Waals surface area contributed by atoms with Gasteiger partial charge in [-0.25, -0.2) is 0 Å². The Balaban J connectivity index is 1.37. The zero-order valence-corrected chi connectivity index (χ0v) is 19.3. The van der Waals surface area contributed by atoms with E-state index < -0.39 is 0 Å². The van der Waals surface area contributed by atoms with Gasteiger partial charge < -0.3 is 20.9 Å². The van der Waals surface area contributed by atoms with Gasteiger partial charge in [0.25, 0.3) is 0 Å². The molecule has 0 unspecified atom stereocenters. The molecule has 1 aliphatic rings. The summed E-state index contributed by atoms with van der Waals surface area (Å²) in [5, 5.41) is 22.5. The number of anilines is 2. The molecule has 2 aromatic heterocycles. The summed E-state index contributed by atoms with van der Waals surface area (Å²) >= 11 is 1.73. The van der Waals surface area contributed by atoms with Crippen LogP contribution in [0.2, 0.25) is 0 Å². The standard InChI is InChI=1S/C25H26N6OS/c1-26-12-17-4-2-3-5-22(17)19-10-21(33-16-19)14-28-25-23-11-20(7-6-18(23)13-29-30-25)31-9-8-27-15-24(31)32/h2-7,10-11,13,16,26-27H,8-9,12,14-15H2,1H3,(H,28,30). The first kappa shape index (κ1) is 21.5. The third-order valence-electron chi connectivity index (χ3n) is 5.83. The van der Waals surface area contributed by atoms with E-state index in [1.807, 2.05) is 30.1 Å². The van der Waals surface area contributed by atoms with Gasteiger partial charge in [-0.05, 0) is 47.3 Å². The molecule has 1 saturated heterocycles. The smallest absolute Gasteiger partial charge is 0.240 e. The highest BCUT2D eigenvalue weighted by Crippen LogP contribution is 2.30. The van der Waals surface area contributed by atoms with E-state index in [0.717, 1.165) is 35.4 Å². The van der Waals surface area contributed by atoms with Gasteiger partial charge in [-0.3, -0.25) is 4.79 Å². The highest BCUT2D eigenvalue weighted by Gasteiger charge is 2.20. The monoisotopic (exact) mass is 458 g/mol. The lowest BCUT2D eigenvalue weighted by atomic mass is 10.0. The predicted molar refractivity (Wildman–Crippen MR) is 135 cm³/mol. The Kier molecular flexibility index (Phi) is 6.30. The van der Waals surface area contributed by atoms with E-state index in [9.17, 15) is 4.79 Å². The van der Waals surface area contributed by atoms with Crippen molar-refractivity contribution in [3.05, 3.63) is 70.5 Å². The fraction of sp³-hybridized carbons (Fsp3) is 0.240. The maximum absolute atomic E-state index is 12.3. The molecule has 4 aromatic rings. The normalized spacial score (nSPS) is 14.1. The first-order chi connectivity index (χ1) is 16.2. The summed E-state index contributed by atoms with van der Waals surface area (Å²) in [5.74, 6) is 0.810. The topological polar surface area (TPSA) is 82.2 Å². The van der Waals surface area contributed by atoms with Crippen LogP contribution in [0, 0.1) is 0 Å². The van der Waals surface area contributed by atoms with Crippen LogP contribution in [0.25, 0.3) is 21.9 Å². The number of aromatic nitrogens is 2. The summed E-state index contributed by atoms with van der Waals surface area (Å²) in [6, 6.07) is 16.7. The van der Waals surface area contributed by atoms with Gasteiger partial charge in [-0.2, -0.15) is 5.10 Å². The molecule has 3 heterocycles. The molecule has 1 aliphatic heterocycles. The number of hydrogen-bond acceptors (Lipinski definition) is 7. The summed E-state index contributed by atoms with van der Waals surface area (Å²) in [6.45, 7) is 3.32. The van der Waals surface area contributed by atoms with Crippen LogP contribution in [0.1, 0.15) is 10.4 Å². The minimum absolute atomic E-state index is 0.0850. The predicted octanol–water partition coefficient (Wildman–Crippen LogP) is 3.63. The number of carbonyl (C=O) groups excluding carboxylic acids is 1. The largest absolute Gasteiger partial charge is 0.363 e. The Morgan fingerprint density at radius 2 is 2.06 bits per heavy atom. The summed E-state index contributed by atoms with van der Waals surface area (Å²) in [6.07, 6.45) is 1.76. The molecule has 1 amide bonds. The molecule has 0 atom stereocenters. The van der Waals surface area contributed by atoms with E-state index in [0.29, 0.717) is 19.6 Å². The lowest BCUT2D eigenvalue weighted by Crippen LogP contribution is -2.48.